The SMILES string of the molecule is C/C=C/C(=O)Nc1c[nH]c(C)c1C(=O)OCC. The Morgan fingerprint density at radius 2 is 2.24 bits per heavy atom. The summed E-state index contributed by atoms with van der Waals surface area (Å²) in [7, 11) is 0. The molecule has 0 aliphatic heterocycles. The number of H-pyrrole nitrogens is 1. The van der Waals surface area contributed by atoms with Crippen molar-refractivity contribution in [2.75, 3.05) is 11.9 Å². The molecule has 0 aromatic carbocycles. The molecule has 0 radical (unpaired) electrons. The molecule has 1 aromatic heterocycles. The Balaban J connectivity index is 2.93. The monoisotopic (exact) mass is 236 g/mol. The summed E-state index contributed by atoms with van der Waals surface area (Å²) in [5, 5.41) is 2.61. The molecule has 0 spiro atoms. The number of allylic oxidation sites excluding steroid dienone is 1. The molecule has 0 bridgehead atoms. The predicted molar refractivity (Wildman–Crippen MR) is 64.9 cm³/mol. The Kier molecular flexibility index (Phi) is 4.51. The number of hydrogen-bond acceptors (Lipinski definition) is 3. The third-order valence-electron chi connectivity index (χ3n) is 2.13. The quantitative estimate of drug-likeness (QED) is 0.620. The minimum Gasteiger partial charge on any atom is -0.462 e. The van der Waals surface area contributed by atoms with Gasteiger partial charge >= 0.3 is 5.97 Å². The first-order valence-corrected chi connectivity index (χ1v) is 5.38. The highest BCUT2D eigenvalue weighted by atomic mass is 16.5. The third kappa shape index (κ3) is 3.21. The van der Waals surface area contributed by atoms with Crippen molar-refractivity contribution in [3.8, 4) is 0 Å². The van der Waals surface area contributed by atoms with Crippen LogP contribution in [0.1, 0.15) is 29.9 Å². The van der Waals surface area contributed by atoms with E-state index in [1.807, 2.05) is 0 Å². The molecule has 1 aromatic rings. The van der Waals surface area contributed by atoms with Gasteiger partial charge in [0.25, 0.3) is 0 Å². The highest BCUT2D eigenvalue weighted by Gasteiger charge is 2.18. The van der Waals surface area contributed by atoms with Gasteiger partial charge in [0.1, 0.15) is 5.56 Å². The number of nitrogens with one attached hydrogen (secondary N) is 2. The van der Waals surface area contributed by atoms with E-state index >= 15 is 0 Å². The molecule has 92 valence electrons. The lowest BCUT2D eigenvalue weighted by Gasteiger charge is -2.05. The molecule has 0 saturated carbocycles. The van der Waals surface area contributed by atoms with Gasteiger partial charge in [0.2, 0.25) is 5.91 Å². The summed E-state index contributed by atoms with van der Waals surface area (Å²) in [5.41, 5.74) is 1.47. The van der Waals surface area contributed by atoms with Crippen molar-refractivity contribution in [3.63, 3.8) is 0 Å². The number of carbonyl (C=O) groups excluding carboxylic acids is 2. The largest absolute Gasteiger partial charge is 0.462 e. The van der Waals surface area contributed by atoms with E-state index < -0.39 is 5.97 Å². The van der Waals surface area contributed by atoms with E-state index in [0.717, 1.165) is 0 Å². The second-order valence-corrected chi connectivity index (χ2v) is 3.41. The normalized spacial score (nSPS) is 10.5. The van der Waals surface area contributed by atoms with Gasteiger partial charge < -0.3 is 15.0 Å². The zero-order chi connectivity index (χ0) is 12.8. The molecule has 5 heteroatoms. The van der Waals surface area contributed by atoms with Gasteiger partial charge in [0, 0.05) is 11.9 Å². The number of amides is 1. The summed E-state index contributed by atoms with van der Waals surface area (Å²) in [5.74, 6) is -0.723. The second kappa shape index (κ2) is 5.89. The molecule has 1 rings (SSSR count). The lowest BCUT2D eigenvalue weighted by Crippen LogP contribution is -2.12. The van der Waals surface area contributed by atoms with Gasteiger partial charge in [-0.2, -0.15) is 0 Å². The standard InChI is InChI=1S/C12H16N2O3/c1-4-6-10(15)14-9-7-13-8(3)11(9)12(16)17-5-2/h4,6-7,13H,5H2,1-3H3,(H,14,15)/b6-4+. The van der Waals surface area contributed by atoms with Gasteiger partial charge in [-0.05, 0) is 26.8 Å². The van der Waals surface area contributed by atoms with Gasteiger partial charge in [-0.1, -0.05) is 6.08 Å². The van der Waals surface area contributed by atoms with Crippen LogP contribution in [-0.4, -0.2) is 23.5 Å². The maximum Gasteiger partial charge on any atom is 0.342 e. The Bertz CT molecular complexity index is 447. The van der Waals surface area contributed by atoms with Crippen molar-refractivity contribution < 1.29 is 14.3 Å². The molecule has 0 aliphatic rings. The van der Waals surface area contributed by atoms with E-state index in [4.69, 9.17) is 4.74 Å². The Hall–Kier alpha value is -2.04. The average molecular weight is 236 g/mol. The van der Waals surface area contributed by atoms with Crippen molar-refractivity contribution in [2.45, 2.75) is 20.8 Å². The fourth-order valence-corrected chi connectivity index (χ4v) is 1.42. The van der Waals surface area contributed by atoms with Crippen LogP contribution >= 0.6 is 0 Å². The van der Waals surface area contributed by atoms with Crippen molar-refractivity contribution >= 4 is 17.6 Å². The number of aryl methyl sites for hydroxylation is 1. The molecule has 1 heterocycles. The van der Waals surface area contributed by atoms with Crippen LogP contribution in [0.5, 0.6) is 0 Å². The first kappa shape index (κ1) is 13.0. The molecule has 17 heavy (non-hydrogen) atoms. The highest BCUT2D eigenvalue weighted by Crippen LogP contribution is 2.20. The summed E-state index contributed by atoms with van der Waals surface area (Å²) in [6, 6.07) is 0. The number of aromatic amines is 1. The predicted octanol–water partition coefficient (Wildman–Crippen LogP) is 2.01. The molecule has 0 fully saturated rings. The van der Waals surface area contributed by atoms with Gasteiger partial charge in [-0.15, -0.1) is 0 Å². The summed E-state index contributed by atoms with van der Waals surface area (Å²) in [4.78, 5) is 26.0. The summed E-state index contributed by atoms with van der Waals surface area (Å²) < 4.78 is 4.92. The second-order valence-electron chi connectivity index (χ2n) is 3.41. The number of ether oxygens (including phenoxy) is 1. The summed E-state index contributed by atoms with van der Waals surface area (Å²) in [6.45, 7) is 5.52. The molecule has 5 nitrogen and oxygen atoms in total. The minimum atomic E-state index is -0.443. The fourth-order valence-electron chi connectivity index (χ4n) is 1.42. The van der Waals surface area contributed by atoms with Crippen LogP contribution in [0.2, 0.25) is 0 Å². The molecule has 0 atom stereocenters. The number of aromatic nitrogens is 1. The maximum absolute atomic E-state index is 11.7. The fraction of sp³-hybridized carbons (Fsp3) is 0.333. The van der Waals surface area contributed by atoms with Gasteiger partial charge in [0.05, 0.1) is 12.3 Å². The van der Waals surface area contributed by atoms with Crippen LogP contribution in [0.25, 0.3) is 0 Å². The van der Waals surface area contributed by atoms with Crippen LogP contribution in [0.3, 0.4) is 0 Å². The van der Waals surface area contributed by atoms with Crippen LogP contribution in [-0.2, 0) is 9.53 Å². The molecule has 0 unspecified atom stereocenters. The topological polar surface area (TPSA) is 71.2 Å². The molecule has 0 saturated heterocycles. The third-order valence-corrected chi connectivity index (χ3v) is 2.13. The first-order valence-electron chi connectivity index (χ1n) is 5.38. The number of hydrogen-bond donors (Lipinski definition) is 2. The zero-order valence-corrected chi connectivity index (χ0v) is 10.2. The summed E-state index contributed by atoms with van der Waals surface area (Å²) >= 11 is 0. The lowest BCUT2D eigenvalue weighted by molar-refractivity contribution is -0.111. The van der Waals surface area contributed by atoms with E-state index in [-0.39, 0.29) is 5.91 Å². The van der Waals surface area contributed by atoms with E-state index in [9.17, 15) is 9.59 Å². The zero-order valence-electron chi connectivity index (χ0n) is 10.2. The van der Waals surface area contributed by atoms with Crippen molar-refractivity contribution in [3.05, 3.63) is 29.6 Å². The van der Waals surface area contributed by atoms with E-state index in [2.05, 4.69) is 10.3 Å². The molecule has 1 amide bonds. The summed E-state index contributed by atoms with van der Waals surface area (Å²) in [6.07, 6.45) is 4.58. The van der Waals surface area contributed by atoms with Gasteiger partial charge in [0.15, 0.2) is 0 Å². The van der Waals surface area contributed by atoms with Crippen molar-refractivity contribution in [2.24, 2.45) is 0 Å². The van der Waals surface area contributed by atoms with Gasteiger partial charge in [-0.25, -0.2) is 4.79 Å². The smallest absolute Gasteiger partial charge is 0.342 e. The van der Waals surface area contributed by atoms with Crippen LogP contribution in [0, 0.1) is 6.92 Å². The molecule has 2 N–H and O–H groups in total. The van der Waals surface area contributed by atoms with Crippen LogP contribution in [0.15, 0.2) is 18.3 Å². The maximum atomic E-state index is 11.7. The molecule has 0 aliphatic carbocycles. The van der Waals surface area contributed by atoms with E-state index in [1.165, 1.54) is 6.08 Å². The lowest BCUT2D eigenvalue weighted by atomic mass is 10.2. The Morgan fingerprint density at radius 3 is 2.82 bits per heavy atom. The van der Waals surface area contributed by atoms with Crippen LogP contribution < -0.4 is 5.32 Å². The first-order chi connectivity index (χ1) is 8.10. The van der Waals surface area contributed by atoms with Crippen molar-refractivity contribution in [1.29, 1.82) is 0 Å². The Morgan fingerprint density at radius 1 is 1.53 bits per heavy atom. The number of rotatable bonds is 4. The number of carbonyl (C=O) groups is 2. The number of anilines is 1. The average Bonchev–Trinajstić information content (AvgIpc) is 2.60. The van der Waals surface area contributed by atoms with Gasteiger partial charge in [-0.3, -0.25) is 4.79 Å². The molecular formula is C12H16N2O3. The number of esters is 1. The van der Waals surface area contributed by atoms with E-state index in [0.29, 0.717) is 23.6 Å². The Labute approximate surface area is 99.9 Å². The highest BCUT2D eigenvalue weighted by molar-refractivity contribution is 6.05. The van der Waals surface area contributed by atoms with Crippen LogP contribution in [0.4, 0.5) is 5.69 Å². The van der Waals surface area contributed by atoms with E-state index in [1.54, 1.807) is 33.0 Å². The molecular weight excluding hydrogens is 220 g/mol. The minimum absolute atomic E-state index is 0.281. The van der Waals surface area contributed by atoms with Crippen molar-refractivity contribution in [1.82, 2.24) is 4.98 Å².